The number of likely N-dealkylation sites (tertiary alicyclic amines) is 2. The molecule has 0 radical (unpaired) electrons. The summed E-state index contributed by atoms with van der Waals surface area (Å²) in [5.41, 5.74) is 5.55. The van der Waals surface area contributed by atoms with Gasteiger partial charge in [-0.2, -0.15) is 0 Å². The van der Waals surface area contributed by atoms with Crippen LogP contribution < -0.4 is 60.9 Å². The number of esters is 2. The van der Waals surface area contributed by atoms with Gasteiger partial charge in [0.15, 0.2) is 0 Å². The van der Waals surface area contributed by atoms with Crippen molar-refractivity contribution in [1.82, 2.24) is 29.7 Å². The van der Waals surface area contributed by atoms with Crippen molar-refractivity contribution in [3.63, 3.8) is 0 Å². The Morgan fingerprint density at radius 2 is 1.04 bits per heavy atom. The first-order valence-corrected chi connectivity index (χ1v) is 26.5. The van der Waals surface area contributed by atoms with Gasteiger partial charge in [-0.3, -0.25) is 34.5 Å². The smallest absolute Gasteiger partial charge is 0.473 e. The minimum absolute atomic E-state index is 0. The molecule has 0 amide bonds. The van der Waals surface area contributed by atoms with Crippen molar-refractivity contribution in [3.05, 3.63) is 65.9 Å². The fourth-order valence-corrected chi connectivity index (χ4v) is 10.3. The summed E-state index contributed by atoms with van der Waals surface area (Å²) in [4.78, 5) is 46.0. The molecule has 4 fully saturated rings. The van der Waals surface area contributed by atoms with Crippen LogP contribution in [0, 0.1) is 41.5 Å². The first-order valence-electron chi connectivity index (χ1n) is 25.7. The Balaban J connectivity index is 0.000000247. The molecule has 4 aromatic rings. The third kappa shape index (κ3) is 20.9. The number of rotatable bonds is 10. The summed E-state index contributed by atoms with van der Waals surface area (Å²) in [5.74, 6) is 2.93. The van der Waals surface area contributed by atoms with Gasteiger partial charge in [0.1, 0.15) is 12.2 Å². The second kappa shape index (κ2) is 30.3. The Labute approximate surface area is 478 Å². The van der Waals surface area contributed by atoms with Crippen LogP contribution in [0.1, 0.15) is 138 Å². The average Bonchev–Trinajstić information content (AvgIpc) is 3.32. The number of hydrogen-bond donors (Lipinski definition) is 0. The van der Waals surface area contributed by atoms with E-state index in [0.717, 1.165) is 122 Å². The van der Waals surface area contributed by atoms with Gasteiger partial charge >= 0.3 is 70.9 Å². The standard InChI is InChI=1S/C27H39N3O3.C18H23BrN2O.C9H16NO2.BF3.K/c1-5-32-26(31)20-12-14-30(15-13-20)18-19-6-11-23-24(16-19)28-17-25(29-23)33-22-9-7-21(8-10-22)27(2,3)4;1-18(2,3)12-4-7-14(8-5-12)22-17-11-20-16-10-13(19)6-9-15(16)21-17;1-3-12-9(11)8-4-6-10(2)7-5-8;2-1(3)4;/h6,11,16-17,20-22H,5,7-10,12-15,18H2,1-4H3;6,9-12,14H,4-5,7-8H2,1-3H3;8H,2-7H2,1H3;;/q;;-1;;+1. The van der Waals surface area contributed by atoms with Gasteiger partial charge in [-0.15, -0.1) is 0 Å². The van der Waals surface area contributed by atoms with Crippen molar-refractivity contribution < 1.29 is 92.9 Å². The second-order valence-corrected chi connectivity index (χ2v) is 22.4. The Morgan fingerprint density at radius 1 is 0.639 bits per heavy atom. The molecular formula is C54H78BBrF3KN6O6. The van der Waals surface area contributed by atoms with E-state index in [4.69, 9.17) is 23.9 Å². The summed E-state index contributed by atoms with van der Waals surface area (Å²) in [6.07, 6.45) is 16.9. The summed E-state index contributed by atoms with van der Waals surface area (Å²) in [7, 11) is 0.152. The molecule has 2 aromatic carbocycles. The first kappa shape index (κ1) is 62.1. The van der Waals surface area contributed by atoms with Crippen molar-refractivity contribution in [2.45, 2.75) is 151 Å². The third-order valence-corrected chi connectivity index (χ3v) is 14.8. The average molecular weight is 1090 g/mol. The third-order valence-electron chi connectivity index (χ3n) is 14.3. The fourth-order valence-electron chi connectivity index (χ4n) is 9.93. The number of carbonyl (C=O) groups excluding carboxylic acids is 2. The zero-order valence-corrected chi connectivity index (χ0v) is 49.2. The van der Waals surface area contributed by atoms with E-state index in [2.05, 4.69) is 96.5 Å². The van der Waals surface area contributed by atoms with Gasteiger partial charge in [0.05, 0.1) is 59.5 Å². The van der Waals surface area contributed by atoms with Gasteiger partial charge in [-0.05, 0) is 176 Å². The van der Waals surface area contributed by atoms with Gasteiger partial charge < -0.3 is 23.8 Å². The molecule has 8 rings (SSSR count). The number of ether oxygens (including phenoxy) is 4. The molecule has 0 atom stereocenters. The quantitative estimate of drug-likeness (QED) is 0.0852. The minimum Gasteiger partial charge on any atom is -0.473 e. The van der Waals surface area contributed by atoms with E-state index in [1.165, 1.54) is 31.2 Å². The van der Waals surface area contributed by atoms with Gasteiger partial charge in [0.2, 0.25) is 11.8 Å². The number of benzene rings is 2. The molecule has 2 aliphatic carbocycles. The van der Waals surface area contributed by atoms with Crippen molar-refractivity contribution in [2.75, 3.05) is 39.4 Å². The van der Waals surface area contributed by atoms with Crippen LogP contribution in [0.5, 0.6) is 11.8 Å². The maximum atomic E-state index is 12.0. The van der Waals surface area contributed by atoms with E-state index >= 15 is 0 Å². The van der Waals surface area contributed by atoms with Crippen molar-refractivity contribution in [1.29, 1.82) is 0 Å². The minimum atomic E-state index is -3.67. The van der Waals surface area contributed by atoms with Gasteiger partial charge in [-0.25, -0.2) is 19.9 Å². The molecule has 2 aromatic heterocycles. The monoisotopic (exact) mass is 1090 g/mol. The first-order chi connectivity index (χ1) is 33.7. The second-order valence-electron chi connectivity index (χ2n) is 21.5. The van der Waals surface area contributed by atoms with Crippen LogP contribution in [0.2, 0.25) is 0 Å². The van der Waals surface area contributed by atoms with E-state index in [1.54, 1.807) is 12.4 Å². The molecule has 2 aliphatic heterocycles. The van der Waals surface area contributed by atoms with E-state index in [0.29, 0.717) is 35.8 Å². The largest absolute Gasteiger partial charge is 1.00 e. The molecule has 2 saturated carbocycles. The molecule has 2 saturated heterocycles. The molecule has 72 heavy (non-hydrogen) atoms. The summed E-state index contributed by atoms with van der Waals surface area (Å²) < 4.78 is 52.4. The number of halogens is 4. The Hall–Kier alpha value is -2.45. The number of fused-ring (bicyclic) bond motifs is 2. The van der Waals surface area contributed by atoms with Crippen molar-refractivity contribution >= 4 is 57.5 Å². The molecule has 392 valence electrons. The number of nitrogens with zero attached hydrogens (tertiary/aromatic N) is 6. The maximum Gasteiger partial charge on any atom is 1.00 e. The molecule has 4 heterocycles. The van der Waals surface area contributed by atoms with Crippen LogP contribution in [-0.2, 0) is 25.6 Å². The molecular weight excluding hydrogens is 1020 g/mol. The van der Waals surface area contributed by atoms with Crippen LogP contribution in [0.15, 0.2) is 53.3 Å². The zero-order valence-electron chi connectivity index (χ0n) is 44.4. The molecule has 0 spiro atoms. The normalized spacial score (nSPS) is 21.3. The molecule has 0 N–H and O–H groups in total. The van der Waals surface area contributed by atoms with Crippen LogP contribution in [-0.4, -0.2) is 101 Å². The molecule has 18 heteroatoms. The predicted octanol–water partition coefficient (Wildman–Crippen LogP) is 9.70. The predicted molar refractivity (Wildman–Crippen MR) is 278 cm³/mol. The van der Waals surface area contributed by atoms with Gasteiger partial charge in [0.25, 0.3) is 0 Å². The molecule has 4 aliphatic rings. The fraction of sp³-hybridized carbons (Fsp3) is 0.648. The van der Waals surface area contributed by atoms with E-state index < -0.39 is 7.54 Å². The molecule has 12 nitrogen and oxygen atoms in total. The van der Waals surface area contributed by atoms with Crippen LogP contribution in [0.4, 0.5) is 12.9 Å². The van der Waals surface area contributed by atoms with Crippen molar-refractivity contribution in [3.8, 4) is 11.8 Å². The number of piperidine rings is 2. The van der Waals surface area contributed by atoms with E-state index in [-0.39, 0.29) is 87.4 Å². The maximum absolute atomic E-state index is 12.0. The van der Waals surface area contributed by atoms with E-state index in [9.17, 15) is 22.5 Å². The number of aromatic nitrogens is 4. The zero-order chi connectivity index (χ0) is 51.7. The number of carbonyl (C=O) groups is 2. The Kier molecular flexibility index (Phi) is 26.2. The van der Waals surface area contributed by atoms with E-state index in [1.807, 2.05) is 43.0 Å². The topological polar surface area (TPSA) is 129 Å². The molecule has 0 unspecified atom stereocenters. The van der Waals surface area contributed by atoms with Gasteiger partial charge in [0, 0.05) is 11.0 Å². The SMILES string of the molecule is CC(C)(C)C1CCC(Oc2cnc3cc(Br)ccc3n2)CC1.CCOC(=O)C1CCN(Cc2ccc3nc(OC4CCC(C(C)(C)C)CC4)cnc3c2)CC1.FB(F)F.[CH2-]N1CCC(C(=O)OCC)CC1.[K+]. The molecule has 0 bridgehead atoms. The van der Waals surface area contributed by atoms with Crippen molar-refractivity contribution in [2.24, 2.45) is 34.5 Å². The Bertz CT molecular complexity index is 2260. The van der Waals surface area contributed by atoms with Crippen LogP contribution in [0.25, 0.3) is 22.1 Å². The summed E-state index contributed by atoms with van der Waals surface area (Å²) >= 11 is 3.45. The van der Waals surface area contributed by atoms with Crippen LogP contribution >= 0.6 is 15.9 Å². The number of hydrogen-bond acceptors (Lipinski definition) is 12. The van der Waals surface area contributed by atoms with Gasteiger partial charge in [-0.1, -0.05) is 63.5 Å². The van der Waals surface area contributed by atoms with Crippen LogP contribution in [0.3, 0.4) is 0 Å². The summed E-state index contributed by atoms with van der Waals surface area (Å²) in [5, 5.41) is 0. The summed E-state index contributed by atoms with van der Waals surface area (Å²) in [6, 6.07) is 12.2. The summed E-state index contributed by atoms with van der Waals surface area (Å²) in [6.45, 7) is 23.2. The Morgan fingerprint density at radius 3 is 1.46 bits per heavy atom.